The fraction of sp³-hybridized carbons (Fsp3) is 0.353. The molecule has 23 heavy (non-hydrogen) atoms. The topological polar surface area (TPSA) is 71.1 Å². The van der Waals surface area contributed by atoms with Crippen LogP contribution in [-0.4, -0.2) is 29.9 Å². The number of pyridine rings is 1. The van der Waals surface area contributed by atoms with Crippen molar-refractivity contribution in [2.45, 2.75) is 26.3 Å². The number of amides is 2. The third-order valence-electron chi connectivity index (χ3n) is 3.49. The summed E-state index contributed by atoms with van der Waals surface area (Å²) in [5.41, 5.74) is 1.21. The summed E-state index contributed by atoms with van der Waals surface area (Å²) in [4.78, 5) is 28.5. The first-order valence-corrected chi connectivity index (χ1v) is 7.87. The van der Waals surface area contributed by atoms with E-state index in [2.05, 4.69) is 15.6 Å². The Morgan fingerprint density at radius 3 is 2.61 bits per heavy atom. The number of halogens is 1. The molecule has 0 unspecified atom stereocenters. The highest BCUT2D eigenvalue weighted by atomic mass is 35.5. The zero-order valence-corrected chi connectivity index (χ0v) is 14.1. The molecule has 1 atom stereocenters. The van der Waals surface area contributed by atoms with Crippen LogP contribution in [-0.2, 0) is 4.79 Å². The second-order valence-corrected chi connectivity index (χ2v) is 6.20. The van der Waals surface area contributed by atoms with Gasteiger partial charge in [-0.05, 0) is 42.7 Å². The number of rotatable bonds is 5. The minimum absolute atomic E-state index is 0.193. The van der Waals surface area contributed by atoms with Crippen molar-refractivity contribution < 1.29 is 9.59 Å². The van der Waals surface area contributed by atoms with Crippen LogP contribution in [0, 0.1) is 5.92 Å². The third kappa shape index (κ3) is 4.42. The average molecular weight is 334 g/mol. The lowest BCUT2D eigenvalue weighted by molar-refractivity contribution is -0.122. The average Bonchev–Trinajstić information content (AvgIpc) is 2.52. The van der Waals surface area contributed by atoms with Gasteiger partial charge in [-0.1, -0.05) is 25.4 Å². The van der Waals surface area contributed by atoms with E-state index in [0.717, 1.165) is 10.9 Å². The molecule has 1 heterocycles. The van der Waals surface area contributed by atoms with Crippen LogP contribution in [0.15, 0.2) is 30.3 Å². The van der Waals surface area contributed by atoms with Gasteiger partial charge in [0.15, 0.2) is 0 Å². The maximum atomic E-state index is 12.4. The number of benzene rings is 1. The van der Waals surface area contributed by atoms with Gasteiger partial charge in [0.25, 0.3) is 5.91 Å². The molecule has 0 aliphatic heterocycles. The van der Waals surface area contributed by atoms with Crippen LogP contribution < -0.4 is 10.6 Å². The van der Waals surface area contributed by atoms with Crippen molar-refractivity contribution in [3.63, 3.8) is 0 Å². The molecular weight excluding hydrogens is 314 g/mol. The fourth-order valence-electron chi connectivity index (χ4n) is 2.36. The lowest BCUT2D eigenvalue weighted by atomic mass is 10.0. The molecule has 1 aromatic carbocycles. The summed E-state index contributed by atoms with van der Waals surface area (Å²) < 4.78 is 0. The van der Waals surface area contributed by atoms with Crippen molar-refractivity contribution in [1.82, 2.24) is 15.6 Å². The molecule has 0 bridgehead atoms. The van der Waals surface area contributed by atoms with Crippen LogP contribution in [0.3, 0.4) is 0 Å². The number of likely N-dealkylation sites (N-methyl/N-ethyl adjacent to an activating group) is 1. The van der Waals surface area contributed by atoms with Gasteiger partial charge in [0.05, 0.1) is 5.52 Å². The van der Waals surface area contributed by atoms with Gasteiger partial charge < -0.3 is 10.6 Å². The summed E-state index contributed by atoms with van der Waals surface area (Å²) in [6.07, 6.45) is 0.580. The van der Waals surface area contributed by atoms with Crippen LogP contribution >= 0.6 is 11.6 Å². The fourth-order valence-corrected chi connectivity index (χ4v) is 2.51. The molecule has 2 N–H and O–H groups in total. The molecule has 0 saturated carbocycles. The van der Waals surface area contributed by atoms with Gasteiger partial charge in [0.1, 0.15) is 11.2 Å². The van der Waals surface area contributed by atoms with Gasteiger partial charge in [-0.15, -0.1) is 0 Å². The van der Waals surface area contributed by atoms with Gasteiger partial charge in [-0.25, -0.2) is 4.98 Å². The molecule has 6 heteroatoms. The van der Waals surface area contributed by atoms with E-state index >= 15 is 0 Å². The first-order chi connectivity index (χ1) is 10.9. The van der Waals surface area contributed by atoms with Crippen molar-refractivity contribution in [2.75, 3.05) is 7.05 Å². The Balaban J connectivity index is 2.21. The molecule has 122 valence electrons. The molecule has 0 aliphatic carbocycles. The largest absolute Gasteiger partial charge is 0.357 e. The van der Waals surface area contributed by atoms with E-state index in [9.17, 15) is 9.59 Å². The van der Waals surface area contributed by atoms with Crippen molar-refractivity contribution in [3.8, 4) is 0 Å². The Bertz CT molecular complexity index is 731. The zero-order valence-electron chi connectivity index (χ0n) is 13.4. The quantitative estimate of drug-likeness (QED) is 0.826. The van der Waals surface area contributed by atoms with Crippen LogP contribution in [0.5, 0.6) is 0 Å². The minimum Gasteiger partial charge on any atom is -0.357 e. The van der Waals surface area contributed by atoms with E-state index < -0.39 is 6.04 Å². The Labute approximate surface area is 140 Å². The molecule has 0 saturated heterocycles. The molecule has 2 aromatic rings. The molecule has 0 aliphatic rings. The van der Waals surface area contributed by atoms with Crippen molar-refractivity contribution >= 4 is 34.3 Å². The smallest absolute Gasteiger partial charge is 0.251 e. The first-order valence-electron chi connectivity index (χ1n) is 7.49. The minimum atomic E-state index is -0.550. The van der Waals surface area contributed by atoms with Crippen LogP contribution in [0.4, 0.5) is 0 Å². The standard InChI is InChI=1S/C17H20ClN3O2/c1-10(2)8-14(17(23)19-3)21-16(22)12-4-6-13-11(9-12)5-7-15(18)20-13/h4-7,9-10,14H,8H2,1-3H3,(H,19,23)(H,21,22)/t14-/m0/s1. The Hall–Kier alpha value is -2.14. The molecule has 5 nitrogen and oxygen atoms in total. The highest BCUT2D eigenvalue weighted by Crippen LogP contribution is 2.17. The number of carbonyl (C=O) groups is 2. The van der Waals surface area contributed by atoms with Crippen molar-refractivity contribution in [1.29, 1.82) is 0 Å². The van der Waals surface area contributed by atoms with Gasteiger partial charge >= 0.3 is 0 Å². The highest BCUT2D eigenvalue weighted by Gasteiger charge is 2.21. The van der Waals surface area contributed by atoms with Gasteiger partial charge in [0, 0.05) is 18.0 Å². The van der Waals surface area contributed by atoms with Gasteiger partial charge in [0.2, 0.25) is 5.91 Å². The summed E-state index contributed by atoms with van der Waals surface area (Å²) in [7, 11) is 1.56. The maximum absolute atomic E-state index is 12.4. The van der Waals surface area contributed by atoms with Gasteiger partial charge in [-0.2, -0.15) is 0 Å². The van der Waals surface area contributed by atoms with Crippen molar-refractivity contribution in [3.05, 3.63) is 41.0 Å². The molecule has 1 aromatic heterocycles. The summed E-state index contributed by atoms with van der Waals surface area (Å²) in [5.74, 6) is -0.182. The summed E-state index contributed by atoms with van der Waals surface area (Å²) in [6, 6.07) is 8.10. The SMILES string of the molecule is CNC(=O)[C@H](CC(C)C)NC(=O)c1ccc2nc(Cl)ccc2c1. The number of aromatic nitrogens is 1. The normalized spacial score (nSPS) is 12.2. The predicted octanol–water partition coefficient (Wildman–Crippen LogP) is 2.78. The number of carbonyl (C=O) groups excluding carboxylic acids is 2. The molecule has 0 spiro atoms. The van der Waals surface area contributed by atoms with E-state index in [4.69, 9.17) is 11.6 Å². The molecule has 2 rings (SSSR count). The number of nitrogens with one attached hydrogen (secondary N) is 2. The number of hydrogen-bond acceptors (Lipinski definition) is 3. The Morgan fingerprint density at radius 2 is 1.96 bits per heavy atom. The van der Waals surface area contributed by atoms with Gasteiger partial charge in [-0.3, -0.25) is 9.59 Å². The van der Waals surface area contributed by atoms with E-state index in [0.29, 0.717) is 23.1 Å². The van der Waals surface area contributed by atoms with Crippen molar-refractivity contribution in [2.24, 2.45) is 5.92 Å². The second kappa shape index (κ2) is 7.42. The number of nitrogens with zero attached hydrogens (tertiary/aromatic N) is 1. The van der Waals surface area contributed by atoms with E-state index in [-0.39, 0.29) is 11.8 Å². The lowest BCUT2D eigenvalue weighted by Crippen LogP contribution is -2.46. The van der Waals surface area contributed by atoms with E-state index in [1.54, 1.807) is 31.3 Å². The predicted molar refractivity (Wildman–Crippen MR) is 91.5 cm³/mol. The Kier molecular flexibility index (Phi) is 5.55. The molecule has 0 radical (unpaired) electrons. The zero-order chi connectivity index (χ0) is 17.0. The summed E-state index contributed by atoms with van der Waals surface area (Å²) >= 11 is 5.85. The monoisotopic (exact) mass is 333 g/mol. The van der Waals surface area contributed by atoms with Crippen LogP contribution in [0.2, 0.25) is 5.15 Å². The molecule has 2 amide bonds. The second-order valence-electron chi connectivity index (χ2n) is 5.81. The molecular formula is C17H20ClN3O2. The third-order valence-corrected chi connectivity index (χ3v) is 3.70. The maximum Gasteiger partial charge on any atom is 0.251 e. The lowest BCUT2D eigenvalue weighted by Gasteiger charge is -2.19. The Morgan fingerprint density at radius 1 is 1.22 bits per heavy atom. The van der Waals surface area contributed by atoms with E-state index in [1.807, 2.05) is 19.9 Å². The highest BCUT2D eigenvalue weighted by molar-refractivity contribution is 6.29. The van der Waals surface area contributed by atoms with Crippen LogP contribution in [0.1, 0.15) is 30.6 Å². The number of fused-ring (bicyclic) bond motifs is 1. The van der Waals surface area contributed by atoms with E-state index in [1.165, 1.54) is 0 Å². The van der Waals surface area contributed by atoms with Crippen LogP contribution in [0.25, 0.3) is 10.9 Å². The number of hydrogen-bond donors (Lipinski definition) is 2. The summed E-state index contributed by atoms with van der Waals surface area (Å²) in [5, 5.41) is 6.61. The first kappa shape index (κ1) is 17.2. The molecule has 0 fully saturated rings. The summed E-state index contributed by atoms with van der Waals surface area (Å²) in [6.45, 7) is 4.01.